The molecule has 0 aliphatic rings. The number of ketones is 1. The Balaban J connectivity index is 1.03. The Labute approximate surface area is 249 Å². The van der Waals surface area contributed by atoms with Crippen molar-refractivity contribution < 1.29 is 23.7 Å². The van der Waals surface area contributed by atoms with E-state index in [1.807, 2.05) is 109 Å². The van der Waals surface area contributed by atoms with Crippen molar-refractivity contribution in [3.63, 3.8) is 0 Å². The lowest BCUT2D eigenvalue weighted by Crippen LogP contribution is -2.09. The van der Waals surface area contributed by atoms with Crippen LogP contribution in [0.2, 0.25) is 0 Å². The number of benzene rings is 4. The minimum atomic E-state index is -0.0207. The fourth-order valence-corrected chi connectivity index (χ4v) is 4.13. The molecule has 0 N–H and O–H groups in total. The summed E-state index contributed by atoms with van der Waals surface area (Å²) in [5, 5.41) is 0. The van der Waals surface area contributed by atoms with Crippen LogP contribution >= 0.6 is 0 Å². The van der Waals surface area contributed by atoms with Crippen LogP contribution in [0.15, 0.2) is 116 Å². The number of carbonyl (C=O) groups excluding carboxylic acids is 1. The van der Waals surface area contributed by atoms with E-state index >= 15 is 0 Å². The highest BCUT2D eigenvalue weighted by atomic mass is 16.5. The van der Waals surface area contributed by atoms with Crippen molar-refractivity contribution in [1.29, 1.82) is 0 Å². The molecule has 0 fully saturated rings. The minimum absolute atomic E-state index is 0.0207. The summed E-state index contributed by atoms with van der Waals surface area (Å²) in [6.45, 7) is 6.03. The zero-order valence-electron chi connectivity index (χ0n) is 24.0. The van der Waals surface area contributed by atoms with Crippen LogP contribution in [0.3, 0.4) is 0 Å². The van der Waals surface area contributed by atoms with Crippen LogP contribution < -0.4 is 18.9 Å². The molecular formula is C37H38O5. The van der Waals surface area contributed by atoms with E-state index < -0.39 is 0 Å². The van der Waals surface area contributed by atoms with Gasteiger partial charge in [-0.15, -0.1) is 0 Å². The number of hydrogen-bond acceptors (Lipinski definition) is 5. The Morgan fingerprint density at radius 2 is 0.952 bits per heavy atom. The van der Waals surface area contributed by atoms with E-state index in [1.165, 1.54) is 0 Å². The molecule has 0 heterocycles. The van der Waals surface area contributed by atoms with Crippen molar-refractivity contribution in [1.82, 2.24) is 0 Å². The fraction of sp³-hybridized carbons (Fsp3) is 0.216. The Kier molecular flexibility index (Phi) is 12.3. The molecule has 0 saturated heterocycles. The van der Waals surface area contributed by atoms with Crippen molar-refractivity contribution in [3.8, 4) is 23.0 Å². The predicted molar refractivity (Wildman–Crippen MR) is 170 cm³/mol. The molecule has 0 bridgehead atoms. The van der Waals surface area contributed by atoms with Gasteiger partial charge in [-0.2, -0.15) is 0 Å². The second kappa shape index (κ2) is 17.1. The van der Waals surface area contributed by atoms with Crippen molar-refractivity contribution >= 4 is 17.9 Å². The SMILES string of the molecule is C=Cc1ccc(OCCCCCCOc2ccc(OCCOc3ccc(/C=C/C(=O)c4ccccc4)cc3)cc2)cc1. The van der Waals surface area contributed by atoms with Crippen LogP contribution in [-0.4, -0.2) is 32.2 Å². The third kappa shape index (κ3) is 10.7. The average Bonchev–Trinajstić information content (AvgIpc) is 3.05. The number of allylic oxidation sites excluding steroid dienone is 1. The molecule has 0 unspecified atom stereocenters. The van der Waals surface area contributed by atoms with Crippen LogP contribution in [0.4, 0.5) is 0 Å². The summed E-state index contributed by atoms with van der Waals surface area (Å²) in [6.07, 6.45) is 9.46. The minimum Gasteiger partial charge on any atom is -0.494 e. The smallest absolute Gasteiger partial charge is 0.185 e. The van der Waals surface area contributed by atoms with E-state index in [4.69, 9.17) is 18.9 Å². The maximum absolute atomic E-state index is 12.2. The topological polar surface area (TPSA) is 54.0 Å². The summed E-state index contributed by atoms with van der Waals surface area (Å²) in [4.78, 5) is 12.2. The maximum atomic E-state index is 12.2. The number of ether oxygens (including phenoxy) is 4. The van der Waals surface area contributed by atoms with Crippen LogP contribution in [-0.2, 0) is 0 Å². The van der Waals surface area contributed by atoms with E-state index in [2.05, 4.69) is 6.58 Å². The van der Waals surface area contributed by atoms with Crippen molar-refractivity contribution in [2.75, 3.05) is 26.4 Å². The van der Waals surface area contributed by atoms with E-state index in [0.717, 1.165) is 66.4 Å². The molecule has 0 saturated carbocycles. The zero-order chi connectivity index (χ0) is 29.2. The number of unbranched alkanes of at least 4 members (excludes halogenated alkanes) is 3. The van der Waals surface area contributed by atoms with Gasteiger partial charge in [-0.25, -0.2) is 0 Å². The molecule has 4 aromatic carbocycles. The molecule has 0 aliphatic carbocycles. The monoisotopic (exact) mass is 562 g/mol. The summed E-state index contributed by atoms with van der Waals surface area (Å²) in [5.74, 6) is 3.24. The van der Waals surface area contributed by atoms with Gasteiger partial charge in [0.1, 0.15) is 36.2 Å². The van der Waals surface area contributed by atoms with E-state index in [-0.39, 0.29) is 5.78 Å². The third-order valence-electron chi connectivity index (χ3n) is 6.50. The summed E-state index contributed by atoms with van der Waals surface area (Å²) in [7, 11) is 0. The molecule has 5 nitrogen and oxygen atoms in total. The lowest BCUT2D eigenvalue weighted by molar-refractivity contribution is 0.104. The van der Waals surface area contributed by atoms with Crippen LogP contribution in [0.1, 0.15) is 47.2 Å². The molecule has 0 aromatic heterocycles. The largest absolute Gasteiger partial charge is 0.494 e. The highest BCUT2D eigenvalue weighted by Gasteiger charge is 2.01. The van der Waals surface area contributed by atoms with Gasteiger partial charge in [0.2, 0.25) is 0 Å². The van der Waals surface area contributed by atoms with Gasteiger partial charge < -0.3 is 18.9 Å². The first-order valence-electron chi connectivity index (χ1n) is 14.4. The number of hydrogen-bond donors (Lipinski definition) is 0. The first-order chi connectivity index (χ1) is 20.7. The van der Waals surface area contributed by atoms with Crippen molar-refractivity contribution in [3.05, 3.63) is 132 Å². The summed E-state index contributed by atoms with van der Waals surface area (Å²) in [5.41, 5.74) is 2.70. The van der Waals surface area contributed by atoms with E-state index in [0.29, 0.717) is 25.4 Å². The maximum Gasteiger partial charge on any atom is 0.185 e. The van der Waals surface area contributed by atoms with E-state index in [1.54, 1.807) is 12.2 Å². The Hall–Kier alpha value is -4.77. The zero-order valence-corrected chi connectivity index (χ0v) is 24.0. The van der Waals surface area contributed by atoms with Gasteiger partial charge in [0, 0.05) is 5.56 Å². The third-order valence-corrected chi connectivity index (χ3v) is 6.50. The van der Waals surface area contributed by atoms with Crippen molar-refractivity contribution in [2.24, 2.45) is 0 Å². The first-order valence-corrected chi connectivity index (χ1v) is 14.4. The normalized spacial score (nSPS) is 10.8. The molecular weight excluding hydrogens is 524 g/mol. The molecule has 0 spiro atoms. The average molecular weight is 563 g/mol. The first kappa shape index (κ1) is 30.2. The number of carbonyl (C=O) groups is 1. The standard InChI is InChI=1S/C37H38O5/c1-2-30-12-17-33(18-13-30)39-26-8-3-4-9-27-40-35-21-23-36(24-22-35)42-29-28-41-34-19-14-31(15-20-34)16-25-37(38)32-10-6-5-7-11-32/h2,5-7,10-25H,1,3-4,8-9,26-29H2/b25-16+. The van der Waals surface area contributed by atoms with Gasteiger partial charge in [-0.1, -0.05) is 73.3 Å². The summed E-state index contributed by atoms with van der Waals surface area (Å²) < 4.78 is 23.2. The second-order valence-corrected chi connectivity index (χ2v) is 9.69. The van der Waals surface area contributed by atoms with E-state index in [9.17, 15) is 4.79 Å². The fourth-order valence-electron chi connectivity index (χ4n) is 4.13. The van der Waals surface area contributed by atoms with Crippen LogP contribution in [0, 0.1) is 0 Å². The highest BCUT2D eigenvalue weighted by molar-refractivity contribution is 6.06. The predicted octanol–water partition coefficient (Wildman–Crippen LogP) is 8.70. The Morgan fingerprint density at radius 1 is 0.524 bits per heavy atom. The Bertz CT molecular complexity index is 1380. The lowest BCUT2D eigenvalue weighted by atomic mass is 10.1. The molecule has 0 atom stereocenters. The quantitative estimate of drug-likeness (QED) is 0.0690. The molecule has 4 aromatic rings. The highest BCUT2D eigenvalue weighted by Crippen LogP contribution is 2.19. The molecule has 0 radical (unpaired) electrons. The molecule has 0 aliphatic heterocycles. The number of rotatable bonds is 18. The second-order valence-electron chi connectivity index (χ2n) is 9.69. The summed E-state index contributed by atoms with van der Waals surface area (Å²) in [6, 6.07) is 32.5. The molecule has 4 rings (SSSR count). The molecule has 5 heteroatoms. The van der Waals surface area contributed by atoms with Gasteiger partial charge in [-0.3, -0.25) is 4.79 Å². The lowest BCUT2D eigenvalue weighted by Gasteiger charge is -2.10. The molecule has 42 heavy (non-hydrogen) atoms. The Morgan fingerprint density at radius 3 is 1.43 bits per heavy atom. The van der Waals surface area contributed by atoms with Gasteiger partial charge in [0.25, 0.3) is 0 Å². The van der Waals surface area contributed by atoms with Gasteiger partial charge in [0.15, 0.2) is 5.78 Å². The molecule has 216 valence electrons. The van der Waals surface area contributed by atoms with Crippen LogP contribution in [0.25, 0.3) is 12.2 Å². The van der Waals surface area contributed by atoms with Gasteiger partial charge in [-0.05, 0) is 91.4 Å². The molecule has 0 amide bonds. The van der Waals surface area contributed by atoms with Crippen LogP contribution in [0.5, 0.6) is 23.0 Å². The summed E-state index contributed by atoms with van der Waals surface area (Å²) >= 11 is 0. The van der Waals surface area contributed by atoms with Crippen molar-refractivity contribution in [2.45, 2.75) is 25.7 Å². The van der Waals surface area contributed by atoms with Gasteiger partial charge >= 0.3 is 0 Å². The van der Waals surface area contributed by atoms with Gasteiger partial charge in [0.05, 0.1) is 13.2 Å².